The van der Waals surface area contributed by atoms with Gasteiger partial charge in [-0.15, -0.1) is 11.3 Å². The topological polar surface area (TPSA) is 45.2 Å². The van der Waals surface area contributed by atoms with Gasteiger partial charge in [0, 0.05) is 17.5 Å². The lowest BCUT2D eigenvalue weighted by Crippen LogP contribution is -2.39. The van der Waals surface area contributed by atoms with Crippen molar-refractivity contribution < 1.29 is 13.6 Å². The molecule has 0 spiro atoms. The number of nitrogens with zero attached hydrogens (tertiary/aromatic N) is 2. The van der Waals surface area contributed by atoms with Crippen LogP contribution in [-0.4, -0.2) is 28.9 Å². The van der Waals surface area contributed by atoms with Gasteiger partial charge in [0.25, 0.3) is 0 Å². The van der Waals surface area contributed by atoms with Crippen molar-refractivity contribution >= 4 is 22.4 Å². The molecular weight excluding hydrogens is 368 g/mol. The molecule has 0 aliphatic rings. The van der Waals surface area contributed by atoms with Crippen LogP contribution in [0.5, 0.6) is 0 Å². The van der Waals surface area contributed by atoms with Crippen molar-refractivity contribution in [3.63, 3.8) is 0 Å². The minimum atomic E-state index is -0.928. The number of amides is 1. The highest BCUT2D eigenvalue weighted by Gasteiger charge is 2.19. The third kappa shape index (κ3) is 4.75. The average molecular weight is 387 g/mol. The maximum Gasteiger partial charge on any atom is 0.243 e. The Morgan fingerprint density at radius 1 is 1.19 bits per heavy atom. The average Bonchev–Trinajstić information content (AvgIpc) is 3.12. The van der Waals surface area contributed by atoms with Crippen molar-refractivity contribution in [1.29, 1.82) is 0 Å². The highest BCUT2D eigenvalue weighted by molar-refractivity contribution is 7.14. The lowest BCUT2D eigenvalue weighted by Gasteiger charge is -2.23. The molecule has 1 heterocycles. The number of hydrogen-bond donors (Lipinski definition) is 1. The van der Waals surface area contributed by atoms with Crippen molar-refractivity contribution in [3.05, 3.63) is 71.1 Å². The summed E-state index contributed by atoms with van der Waals surface area (Å²) < 4.78 is 26.4. The number of carbonyl (C=O) groups excluding carboxylic acids is 1. The molecule has 7 heteroatoms. The summed E-state index contributed by atoms with van der Waals surface area (Å²) in [5, 5.41) is 4.89. The smallest absolute Gasteiger partial charge is 0.243 e. The maximum atomic E-state index is 13.4. The maximum absolute atomic E-state index is 13.4. The van der Waals surface area contributed by atoms with E-state index < -0.39 is 11.6 Å². The van der Waals surface area contributed by atoms with E-state index in [2.05, 4.69) is 10.3 Å². The van der Waals surface area contributed by atoms with E-state index >= 15 is 0 Å². The Hall–Kier alpha value is -2.64. The molecule has 1 aromatic heterocycles. The number of aromatic nitrogens is 1. The first-order chi connectivity index (χ1) is 12.9. The molecule has 0 aliphatic carbocycles. The Bertz CT molecular complexity index is 930. The van der Waals surface area contributed by atoms with Gasteiger partial charge in [0.05, 0.1) is 11.7 Å². The summed E-state index contributed by atoms with van der Waals surface area (Å²) in [6, 6.07) is 13.1. The van der Waals surface area contributed by atoms with Crippen LogP contribution in [0.4, 0.5) is 13.9 Å². The van der Waals surface area contributed by atoms with E-state index in [-0.39, 0.29) is 11.9 Å². The Balaban J connectivity index is 1.63. The van der Waals surface area contributed by atoms with Crippen LogP contribution in [0.1, 0.15) is 12.5 Å². The summed E-state index contributed by atoms with van der Waals surface area (Å²) in [4.78, 5) is 18.7. The largest absolute Gasteiger partial charge is 0.301 e. The molecule has 4 nitrogen and oxygen atoms in total. The van der Waals surface area contributed by atoms with Gasteiger partial charge in [0.15, 0.2) is 16.8 Å². The predicted molar refractivity (Wildman–Crippen MR) is 103 cm³/mol. The standard InChI is InChI=1S/C20H19F2N3OS/c1-13(25(2)11-14-6-4-3-5-7-14)19(26)24-20-23-18(12-27-20)15-8-9-16(21)17(22)10-15/h3-10,12-13H,11H2,1-2H3,(H,23,24,26)/t13-/m1/s1. The second-order valence-corrected chi connectivity index (χ2v) is 7.09. The monoisotopic (exact) mass is 387 g/mol. The third-order valence-electron chi connectivity index (χ3n) is 4.27. The minimum Gasteiger partial charge on any atom is -0.301 e. The molecule has 140 valence electrons. The highest BCUT2D eigenvalue weighted by atomic mass is 32.1. The van der Waals surface area contributed by atoms with E-state index in [0.717, 1.165) is 17.7 Å². The first kappa shape index (κ1) is 19.1. The lowest BCUT2D eigenvalue weighted by molar-refractivity contribution is -0.120. The second-order valence-electron chi connectivity index (χ2n) is 6.23. The molecule has 0 aliphatic heterocycles. The van der Waals surface area contributed by atoms with Crippen LogP contribution in [0.25, 0.3) is 11.3 Å². The summed E-state index contributed by atoms with van der Waals surface area (Å²) >= 11 is 1.24. The van der Waals surface area contributed by atoms with E-state index in [1.807, 2.05) is 49.2 Å². The van der Waals surface area contributed by atoms with Crippen LogP contribution in [0.2, 0.25) is 0 Å². The van der Waals surface area contributed by atoms with Gasteiger partial charge in [-0.25, -0.2) is 13.8 Å². The number of anilines is 1. The quantitative estimate of drug-likeness (QED) is 0.675. The van der Waals surface area contributed by atoms with Crippen LogP contribution in [0, 0.1) is 11.6 Å². The van der Waals surface area contributed by atoms with Gasteiger partial charge in [0.2, 0.25) is 5.91 Å². The lowest BCUT2D eigenvalue weighted by atomic mass is 10.2. The van der Waals surface area contributed by atoms with Crippen LogP contribution < -0.4 is 5.32 Å². The summed E-state index contributed by atoms with van der Waals surface area (Å²) in [5.74, 6) is -2.01. The van der Waals surface area contributed by atoms with Crippen molar-refractivity contribution in [2.75, 3.05) is 12.4 Å². The molecule has 3 aromatic rings. The number of carbonyl (C=O) groups is 1. The summed E-state index contributed by atoms with van der Waals surface area (Å²) in [6.45, 7) is 2.47. The summed E-state index contributed by atoms with van der Waals surface area (Å²) in [7, 11) is 1.88. The molecule has 0 unspecified atom stereocenters. The number of benzene rings is 2. The molecule has 1 N–H and O–H groups in total. The highest BCUT2D eigenvalue weighted by Crippen LogP contribution is 2.26. The van der Waals surface area contributed by atoms with Crippen molar-refractivity contribution in [2.24, 2.45) is 0 Å². The Kier molecular flexibility index (Phi) is 5.93. The molecule has 0 saturated heterocycles. The number of hydrogen-bond acceptors (Lipinski definition) is 4. The normalized spacial score (nSPS) is 12.2. The van der Waals surface area contributed by atoms with Gasteiger partial charge in [-0.05, 0) is 37.7 Å². The first-order valence-electron chi connectivity index (χ1n) is 8.40. The van der Waals surface area contributed by atoms with Crippen molar-refractivity contribution in [2.45, 2.75) is 19.5 Å². The number of thiazole rings is 1. The molecule has 0 radical (unpaired) electrons. The van der Waals surface area contributed by atoms with Gasteiger partial charge in [-0.1, -0.05) is 30.3 Å². The van der Waals surface area contributed by atoms with Crippen LogP contribution in [0.15, 0.2) is 53.9 Å². The number of rotatable bonds is 6. The number of halogens is 2. The zero-order valence-corrected chi connectivity index (χ0v) is 15.8. The predicted octanol–water partition coefficient (Wildman–Crippen LogP) is 4.55. The van der Waals surface area contributed by atoms with E-state index in [4.69, 9.17) is 0 Å². The zero-order chi connectivity index (χ0) is 19.4. The summed E-state index contributed by atoms with van der Waals surface area (Å²) in [6.07, 6.45) is 0. The minimum absolute atomic E-state index is 0.181. The Morgan fingerprint density at radius 3 is 2.63 bits per heavy atom. The zero-order valence-electron chi connectivity index (χ0n) is 14.9. The SMILES string of the molecule is C[C@H](C(=O)Nc1nc(-c2ccc(F)c(F)c2)cs1)N(C)Cc1ccccc1. The van der Waals surface area contributed by atoms with E-state index in [9.17, 15) is 13.6 Å². The molecule has 0 bridgehead atoms. The van der Waals surface area contributed by atoms with Crippen molar-refractivity contribution in [3.8, 4) is 11.3 Å². The molecule has 0 fully saturated rings. The summed E-state index contributed by atoms with van der Waals surface area (Å²) in [5.41, 5.74) is 2.06. The van der Waals surface area contributed by atoms with Crippen molar-refractivity contribution in [1.82, 2.24) is 9.88 Å². The molecule has 0 saturated carbocycles. The molecule has 1 atom stereocenters. The van der Waals surface area contributed by atoms with E-state index in [0.29, 0.717) is 22.9 Å². The Labute approximate surface area is 160 Å². The number of nitrogens with one attached hydrogen (secondary N) is 1. The van der Waals surface area contributed by atoms with E-state index in [1.165, 1.54) is 17.4 Å². The molecule has 1 amide bonds. The van der Waals surface area contributed by atoms with Gasteiger partial charge in [0.1, 0.15) is 0 Å². The fourth-order valence-electron chi connectivity index (χ4n) is 2.54. The molecule has 3 rings (SSSR count). The number of likely N-dealkylation sites (N-methyl/N-ethyl adjacent to an activating group) is 1. The van der Waals surface area contributed by atoms with Crippen LogP contribution in [-0.2, 0) is 11.3 Å². The van der Waals surface area contributed by atoms with Crippen LogP contribution in [0.3, 0.4) is 0 Å². The van der Waals surface area contributed by atoms with Gasteiger partial charge < -0.3 is 5.32 Å². The second kappa shape index (κ2) is 8.37. The molecule has 27 heavy (non-hydrogen) atoms. The molecule has 2 aromatic carbocycles. The first-order valence-corrected chi connectivity index (χ1v) is 9.28. The Morgan fingerprint density at radius 2 is 1.93 bits per heavy atom. The van der Waals surface area contributed by atoms with Gasteiger partial charge >= 0.3 is 0 Å². The van der Waals surface area contributed by atoms with E-state index in [1.54, 1.807) is 5.38 Å². The molecular formula is C20H19F2N3OS. The fraction of sp³-hybridized carbons (Fsp3) is 0.200. The van der Waals surface area contributed by atoms with Crippen LogP contribution >= 0.6 is 11.3 Å². The fourth-order valence-corrected chi connectivity index (χ4v) is 3.26. The third-order valence-corrected chi connectivity index (χ3v) is 5.02. The van der Waals surface area contributed by atoms with Gasteiger partial charge in [-0.3, -0.25) is 9.69 Å². The van der Waals surface area contributed by atoms with Gasteiger partial charge in [-0.2, -0.15) is 0 Å².